The summed E-state index contributed by atoms with van der Waals surface area (Å²) in [7, 11) is 8.78. The van der Waals surface area contributed by atoms with Crippen molar-refractivity contribution in [1.82, 2.24) is 0 Å². The third-order valence-corrected chi connectivity index (χ3v) is 5.14. The Balaban J connectivity index is 1.90. The van der Waals surface area contributed by atoms with Gasteiger partial charge in [-0.2, -0.15) is 0 Å². The second-order valence-electron chi connectivity index (χ2n) is 6.25. The zero-order valence-electron chi connectivity index (χ0n) is 13.6. The molecule has 0 spiro atoms. The minimum atomic E-state index is 0.278. The van der Waals surface area contributed by atoms with Gasteiger partial charge in [0.15, 0.2) is 0 Å². The molecule has 2 aliphatic heterocycles. The molecule has 0 aliphatic carbocycles. The lowest BCUT2D eigenvalue weighted by atomic mass is 9.28. The van der Waals surface area contributed by atoms with E-state index in [1.807, 2.05) is 0 Å². The summed E-state index contributed by atoms with van der Waals surface area (Å²) in [6.07, 6.45) is 0. The Morgan fingerprint density at radius 1 is 0.500 bits per heavy atom. The Morgan fingerprint density at radius 3 is 0.955 bits per heavy atom. The molecule has 2 heterocycles. The van der Waals surface area contributed by atoms with Crippen molar-refractivity contribution < 1.29 is 0 Å². The van der Waals surface area contributed by atoms with Crippen LogP contribution in [0.25, 0.3) is 0 Å². The molecule has 0 saturated heterocycles. The zero-order chi connectivity index (χ0) is 15.4. The van der Waals surface area contributed by atoms with Crippen LogP contribution in [0.4, 0.5) is 22.7 Å². The van der Waals surface area contributed by atoms with Crippen molar-refractivity contribution >= 4 is 36.5 Å². The fourth-order valence-electron chi connectivity index (χ4n) is 4.01. The maximum Gasteiger partial charge on any atom is 0.391 e. The molecule has 6 heteroatoms. The Kier molecular flexibility index (Phi) is 2.83. The minimum Gasteiger partial charge on any atom is -0.400 e. The highest BCUT2D eigenvalue weighted by Gasteiger charge is 2.53. The first kappa shape index (κ1) is 13.4. The summed E-state index contributed by atoms with van der Waals surface area (Å²) in [5.41, 5.74) is 5.13. The van der Waals surface area contributed by atoms with Crippen LogP contribution in [0.1, 0.15) is 0 Å². The molecule has 4 nitrogen and oxygen atoms in total. The van der Waals surface area contributed by atoms with Crippen molar-refractivity contribution in [2.45, 2.75) is 0 Å². The van der Waals surface area contributed by atoms with Crippen molar-refractivity contribution in [3.05, 3.63) is 48.5 Å². The molecule has 0 N–H and O–H groups in total. The van der Waals surface area contributed by atoms with Gasteiger partial charge in [-0.15, -0.1) is 0 Å². The van der Waals surface area contributed by atoms with Gasteiger partial charge in [0, 0.05) is 22.7 Å². The Labute approximate surface area is 133 Å². The molecule has 2 aliphatic rings. The van der Waals surface area contributed by atoms with Crippen molar-refractivity contribution in [2.75, 3.05) is 47.4 Å². The summed E-state index contributed by atoms with van der Waals surface area (Å²) in [6.45, 7) is 0.555. The second kappa shape index (κ2) is 4.63. The van der Waals surface area contributed by atoms with Crippen LogP contribution in [-0.2, 0) is 0 Å². The van der Waals surface area contributed by atoms with Gasteiger partial charge in [0.25, 0.3) is 0 Å². The molecule has 4 rings (SSSR count). The largest absolute Gasteiger partial charge is 0.400 e. The average molecular weight is 290 g/mol. The lowest BCUT2D eigenvalue weighted by Gasteiger charge is -2.53. The number of fused-ring (bicyclic) bond motifs is 3. The van der Waals surface area contributed by atoms with Crippen LogP contribution in [0.3, 0.4) is 0 Å². The van der Waals surface area contributed by atoms with E-state index in [2.05, 4.69) is 96.0 Å². The van der Waals surface area contributed by atoms with E-state index in [4.69, 9.17) is 0 Å². The molecule has 2 aromatic carbocycles. The summed E-state index contributed by atoms with van der Waals surface area (Å²) in [6, 6.07) is 17.3. The molecule has 110 valence electrons. The van der Waals surface area contributed by atoms with Crippen LogP contribution < -0.4 is 19.2 Å². The molecule has 2 aromatic rings. The summed E-state index contributed by atoms with van der Waals surface area (Å²) >= 11 is 0. The number of anilines is 4. The van der Waals surface area contributed by atoms with Crippen LogP contribution in [-0.4, -0.2) is 41.9 Å². The summed E-state index contributed by atoms with van der Waals surface area (Å²) in [4.78, 5) is 9.58. The van der Waals surface area contributed by atoms with E-state index in [9.17, 15) is 0 Å². The first-order valence-corrected chi connectivity index (χ1v) is 7.70. The fraction of sp³-hybridized carbons (Fsp3) is 0.250. The molecule has 0 atom stereocenters. The maximum absolute atomic E-state index is 2.40. The van der Waals surface area contributed by atoms with Crippen LogP contribution >= 0.6 is 0 Å². The van der Waals surface area contributed by atoms with Crippen LogP contribution in [0.15, 0.2) is 48.5 Å². The molecular weight excluding hydrogens is 270 g/mol. The second-order valence-corrected chi connectivity index (χ2v) is 6.25. The van der Waals surface area contributed by atoms with E-state index in [-0.39, 0.29) is 13.7 Å². The maximum atomic E-state index is 2.40. The van der Waals surface area contributed by atoms with Crippen LogP contribution in [0, 0.1) is 0 Å². The Morgan fingerprint density at radius 2 is 0.727 bits per heavy atom. The van der Waals surface area contributed by atoms with Gasteiger partial charge in [0.1, 0.15) is 0 Å². The summed E-state index contributed by atoms with van der Waals surface area (Å²) in [5.74, 6) is 0. The number of para-hydroxylation sites is 4. The smallest absolute Gasteiger partial charge is 0.391 e. The van der Waals surface area contributed by atoms with E-state index in [1.54, 1.807) is 0 Å². The number of hydrogen-bond acceptors (Lipinski definition) is 4. The van der Waals surface area contributed by atoms with Gasteiger partial charge >= 0.3 is 13.7 Å². The highest BCUT2D eigenvalue weighted by molar-refractivity contribution is 7.29. The van der Waals surface area contributed by atoms with E-state index >= 15 is 0 Å². The van der Waals surface area contributed by atoms with E-state index in [0.717, 1.165) is 0 Å². The molecule has 0 aromatic heterocycles. The van der Waals surface area contributed by atoms with Crippen molar-refractivity contribution in [3.63, 3.8) is 0 Å². The molecule has 0 fully saturated rings. The summed E-state index contributed by atoms with van der Waals surface area (Å²) in [5, 5.41) is 0. The normalized spacial score (nSPS) is 16.5. The average Bonchev–Trinajstić information content (AvgIpc) is 2.56. The van der Waals surface area contributed by atoms with Gasteiger partial charge < -0.3 is 19.2 Å². The first-order valence-electron chi connectivity index (χ1n) is 7.70. The first-order chi connectivity index (χ1) is 10.6. The minimum absolute atomic E-state index is 0.278. The zero-order valence-corrected chi connectivity index (χ0v) is 13.6. The number of rotatable bonds is 0. The Bertz CT molecular complexity index is 603. The third kappa shape index (κ3) is 1.61. The predicted molar refractivity (Wildman–Crippen MR) is 98.0 cm³/mol. The topological polar surface area (TPSA) is 13.0 Å². The van der Waals surface area contributed by atoms with E-state index < -0.39 is 0 Å². The van der Waals surface area contributed by atoms with Crippen LogP contribution in [0.5, 0.6) is 0 Å². The van der Waals surface area contributed by atoms with Gasteiger partial charge in [-0.05, 0) is 52.5 Å². The molecule has 0 saturated carbocycles. The standard InChI is InChI=1S/C16H20B2N4/c1-19-13-9-5-6-10-14(13)21(3)18-17(19)20(2)15-11-7-8-12-16(15)22(18)4/h5-12H,1-4H3. The molecule has 0 radical (unpaired) electrons. The number of benzene rings is 2. The number of hydrogen-bond donors (Lipinski definition) is 0. The van der Waals surface area contributed by atoms with Crippen molar-refractivity contribution in [2.24, 2.45) is 0 Å². The Hall–Kier alpha value is -2.23. The predicted octanol–water partition coefficient (Wildman–Crippen LogP) is 2.21. The molecule has 22 heavy (non-hydrogen) atoms. The quantitative estimate of drug-likeness (QED) is 0.690. The third-order valence-electron chi connectivity index (χ3n) is 5.14. The van der Waals surface area contributed by atoms with E-state index in [0.29, 0.717) is 0 Å². The summed E-state index contributed by atoms with van der Waals surface area (Å²) < 4.78 is 0. The molecule has 0 unspecified atom stereocenters. The van der Waals surface area contributed by atoms with Crippen molar-refractivity contribution in [1.29, 1.82) is 0 Å². The lowest BCUT2D eigenvalue weighted by molar-refractivity contribution is 1.10. The van der Waals surface area contributed by atoms with Crippen molar-refractivity contribution in [3.8, 4) is 0 Å². The van der Waals surface area contributed by atoms with Gasteiger partial charge in [-0.3, -0.25) is 0 Å². The fourth-order valence-corrected chi connectivity index (χ4v) is 4.01. The number of nitrogens with zero attached hydrogens (tertiary/aromatic N) is 4. The van der Waals surface area contributed by atoms with Gasteiger partial charge in [-0.25, -0.2) is 0 Å². The van der Waals surface area contributed by atoms with E-state index in [1.165, 1.54) is 22.7 Å². The molecule has 0 bridgehead atoms. The SMILES string of the molecule is CN1B2B(N(C)c3ccccc31)N(C)c1ccccc1N2C. The van der Waals surface area contributed by atoms with Gasteiger partial charge in [0.05, 0.1) is 0 Å². The van der Waals surface area contributed by atoms with Gasteiger partial charge in [0.2, 0.25) is 0 Å². The lowest BCUT2D eigenvalue weighted by Crippen LogP contribution is -2.76. The highest BCUT2D eigenvalue weighted by Crippen LogP contribution is 2.41. The highest BCUT2D eigenvalue weighted by atomic mass is 15.3. The molecular formula is C16H20B2N4. The van der Waals surface area contributed by atoms with Gasteiger partial charge in [-0.1, -0.05) is 24.3 Å². The molecule has 0 amide bonds. The van der Waals surface area contributed by atoms with Crippen LogP contribution in [0.2, 0.25) is 0 Å². The monoisotopic (exact) mass is 290 g/mol.